The van der Waals surface area contributed by atoms with Gasteiger partial charge in [0.15, 0.2) is 0 Å². The molecule has 0 spiro atoms. The van der Waals surface area contributed by atoms with Gasteiger partial charge in [0.25, 0.3) is 11.8 Å². The van der Waals surface area contributed by atoms with Crippen LogP contribution in [-0.4, -0.2) is 96.5 Å². The molecule has 0 bridgehead atoms. The highest BCUT2D eigenvalue weighted by Crippen LogP contribution is 2.19. The van der Waals surface area contributed by atoms with Gasteiger partial charge in [0.05, 0.1) is 5.69 Å². The Balaban J connectivity index is 1.24. The molecule has 2 fully saturated rings. The summed E-state index contributed by atoms with van der Waals surface area (Å²) >= 11 is 0. The molecule has 2 aromatic rings. The van der Waals surface area contributed by atoms with Crippen LogP contribution in [0.3, 0.4) is 0 Å². The van der Waals surface area contributed by atoms with E-state index in [1.807, 2.05) is 39.0 Å². The lowest BCUT2D eigenvalue weighted by atomic mass is 10.1. The number of nitrogens with one attached hydrogen (secondary N) is 4. The molecule has 2 saturated heterocycles. The molecule has 2 aliphatic heterocycles. The molecular formula is C29H38FN7O4. The zero-order valence-electron chi connectivity index (χ0n) is 23.8. The van der Waals surface area contributed by atoms with Gasteiger partial charge in [0.1, 0.15) is 5.82 Å². The number of nitrogens with zero attached hydrogens (tertiary/aromatic N) is 3. The lowest BCUT2D eigenvalue weighted by Crippen LogP contribution is -2.48. The number of piperazine rings is 1. The molecule has 220 valence electrons. The molecule has 4 rings (SSSR count). The summed E-state index contributed by atoms with van der Waals surface area (Å²) in [5, 5.41) is 10.7. The molecule has 0 radical (unpaired) electrons. The minimum atomic E-state index is -0.709. The minimum Gasteiger partial charge on any atom is -0.347 e. The van der Waals surface area contributed by atoms with Crippen molar-refractivity contribution in [3.63, 3.8) is 0 Å². The van der Waals surface area contributed by atoms with Gasteiger partial charge in [0.2, 0.25) is 0 Å². The van der Waals surface area contributed by atoms with E-state index in [1.54, 1.807) is 15.9 Å². The molecule has 0 aliphatic carbocycles. The number of urea groups is 2. The number of rotatable bonds is 8. The van der Waals surface area contributed by atoms with E-state index in [-0.39, 0.29) is 41.2 Å². The lowest BCUT2D eigenvalue weighted by Gasteiger charge is -2.35. The van der Waals surface area contributed by atoms with Crippen molar-refractivity contribution in [2.45, 2.75) is 32.9 Å². The van der Waals surface area contributed by atoms with Crippen molar-refractivity contribution >= 4 is 29.6 Å². The summed E-state index contributed by atoms with van der Waals surface area (Å²) in [7, 11) is 0. The van der Waals surface area contributed by atoms with Crippen molar-refractivity contribution in [2.75, 3.05) is 57.7 Å². The molecule has 2 aromatic carbocycles. The number of amides is 6. The van der Waals surface area contributed by atoms with Gasteiger partial charge in [-0.2, -0.15) is 0 Å². The van der Waals surface area contributed by atoms with Crippen molar-refractivity contribution in [1.82, 2.24) is 30.7 Å². The van der Waals surface area contributed by atoms with E-state index in [1.165, 1.54) is 12.1 Å². The largest absolute Gasteiger partial charge is 0.347 e. The van der Waals surface area contributed by atoms with Gasteiger partial charge in [-0.15, -0.1) is 0 Å². The Labute approximate surface area is 239 Å². The van der Waals surface area contributed by atoms with E-state index in [4.69, 9.17) is 0 Å². The zero-order valence-corrected chi connectivity index (χ0v) is 23.8. The Morgan fingerprint density at radius 2 is 1.73 bits per heavy atom. The third kappa shape index (κ3) is 8.40. The van der Waals surface area contributed by atoms with Gasteiger partial charge in [-0.25, -0.2) is 14.0 Å². The fourth-order valence-electron chi connectivity index (χ4n) is 4.72. The number of anilines is 1. The van der Waals surface area contributed by atoms with Crippen LogP contribution in [0.5, 0.6) is 0 Å². The number of carbonyl (C=O) groups excluding carboxylic acids is 4. The van der Waals surface area contributed by atoms with Crippen molar-refractivity contribution in [3.8, 4) is 0 Å². The van der Waals surface area contributed by atoms with Crippen molar-refractivity contribution < 1.29 is 23.6 Å². The molecule has 11 nitrogen and oxygen atoms in total. The third-order valence-electron chi connectivity index (χ3n) is 6.82. The Morgan fingerprint density at radius 1 is 0.976 bits per heavy atom. The van der Waals surface area contributed by atoms with E-state index < -0.39 is 11.8 Å². The molecule has 6 amide bonds. The van der Waals surface area contributed by atoms with E-state index in [0.29, 0.717) is 57.9 Å². The van der Waals surface area contributed by atoms with Crippen LogP contribution in [0, 0.1) is 5.82 Å². The van der Waals surface area contributed by atoms with Crippen molar-refractivity contribution in [3.05, 3.63) is 65.0 Å². The first kappa shape index (κ1) is 29.8. The topological polar surface area (TPSA) is 126 Å². The second-order valence-corrected chi connectivity index (χ2v) is 11.3. The maximum absolute atomic E-state index is 14.7. The summed E-state index contributed by atoms with van der Waals surface area (Å²) in [5.41, 5.74) is 1.47. The zero-order chi connectivity index (χ0) is 29.6. The molecule has 0 aromatic heterocycles. The lowest BCUT2D eigenvalue weighted by molar-refractivity contribution is 0.0627. The predicted molar refractivity (Wildman–Crippen MR) is 153 cm³/mol. The van der Waals surface area contributed by atoms with Gasteiger partial charge in [0, 0.05) is 75.6 Å². The Kier molecular flexibility index (Phi) is 9.43. The second-order valence-electron chi connectivity index (χ2n) is 11.3. The minimum absolute atomic E-state index is 0.0406. The smallest absolute Gasteiger partial charge is 0.319 e. The van der Waals surface area contributed by atoms with E-state index in [0.717, 1.165) is 11.6 Å². The average Bonchev–Trinajstić information content (AvgIpc) is 3.33. The monoisotopic (exact) mass is 567 g/mol. The Bertz CT molecular complexity index is 1290. The van der Waals surface area contributed by atoms with Crippen LogP contribution in [-0.2, 0) is 6.54 Å². The summed E-state index contributed by atoms with van der Waals surface area (Å²) in [6.07, 6.45) is 0. The molecule has 0 atom stereocenters. The molecular weight excluding hydrogens is 529 g/mol. The Hall–Kier alpha value is -4.19. The van der Waals surface area contributed by atoms with Gasteiger partial charge in [-0.3, -0.25) is 14.5 Å². The molecule has 12 heteroatoms. The Morgan fingerprint density at radius 3 is 2.39 bits per heavy atom. The molecule has 0 unspecified atom stereocenters. The fraction of sp³-hybridized carbons (Fsp3) is 0.448. The fourth-order valence-corrected chi connectivity index (χ4v) is 4.72. The van der Waals surface area contributed by atoms with Gasteiger partial charge < -0.3 is 31.1 Å². The van der Waals surface area contributed by atoms with Crippen LogP contribution in [0.4, 0.5) is 19.7 Å². The van der Waals surface area contributed by atoms with Crippen LogP contribution in [0.2, 0.25) is 0 Å². The molecule has 41 heavy (non-hydrogen) atoms. The molecule has 2 heterocycles. The highest BCUT2D eigenvalue weighted by molar-refractivity contribution is 5.96. The highest BCUT2D eigenvalue weighted by Gasteiger charge is 2.24. The van der Waals surface area contributed by atoms with Crippen LogP contribution >= 0.6 is 0 Å². The first-order valence-corrected chi connectivity index (χ1v) is 13.8. The van der Waals surface area contributed by atoms with E-state index in [9.17, 15) is 23.6 Å². The first-order valence-electron chi connectivity index (χ1n) is 13.8. The van der Waals surface area contributed by atoms with Crippen molar-refractivity contribution in [1.29, 1.82) is 0 Å². The number of carbonyl (C=O) groups is 4. The van der Waals surface area contributed by atoms with Crippen LogP contribution < -0.4 is 21.3 Å². The first-order chi connectivity index (χ1) is 19.5. The van der Waals surface area contributed by atoms with Crippen molar-refractivity contribution in [2.24, 2.45) is 0 Å². The molecule has 4 N–H and O–H groups in total. The number of hydrogen-bond donors (Lipinski definition) is 4. The molecule has 2 aliphatic rings. The quantitative estimate of drug-likeness (QED) is 0.390. The third-order valence-corrected chi connectivity index (χ3v) is 6.82. The van der Waals surface area contributed by atoms with Gasteiger partial charge >= 0.3 is 12.1 Å². The predicted octanol–water partition coefficient (Wildman–Crippen LogP) is 2.46. The maximum Gasteiger partial charge on any atom is 0.319 e. The van der Waals surface area contributed by atoms with Crippen LogP contribution in [0.25, 0.3) is 0 Å². The number of benzene rings is 2. The SMILES string of the molecule is CC(C)(C)NC(=O)c1cccc(CN2CCN(C(=O)c3ccc(NC(=O)NCCN4CCNC4=O)c(F)c3)CC2)c1. The summed E-state index contributed by atoms with van der Waals surface area (Å²) < 4.78 is 14.7. The highest BCUT2D eigenvalue weighted by atomic mass is 19.1. The van der Waals surface area contributed by atoms with Gasteiger partial charge in [-0.1, -0.05) is 12.1 Å². The summed E-state index contributed by atoms with van der Waals surface area (Å²) in [5.74, 6) is -1.10. The normalized spacial score (nSPS) is 15.9. The van der Waals surface area contributed by atoms with Crippen LogP contribution in [0.15, 0.2) is 42.5 Å². The maximum atomic E-state index is 14.7. The summed E-state index contributed by atoms with van der Waals surface area (Å²) in [4.78, 5) is 54.7. The standard InChI is InChI=1S/C29H38FN7O4/c1-29(2,3)34-25(38)21-6-4-5-20(17-21)19-35-13-15-36(16-14-35)26(39)22-7-8-24(23(30)18-22)33-27(40)31-9-11-37-12-10-32-28(37)41/h4-8,17-18H,9-16,19H2,1-3H3,(H,32,41)(H,34,38)(H2,31,33,40). The summed E-state index contributed by atoms with van der Waals surface area (Å²) in [6.45, 7) is 10.5. The number of hydrogen-bond acceptors (Lipinski definition) is 5. The van der Waals surface area contributed by atoms with Gasteiger partial charge in [-0.05, 0) is 56.7 Å². The number of halogens is 1. The second kappa shape index (κ2) is 13.0. The molecule has 0 saturated carbocycles. The van der Waals surface area contributed by atoms with E-state index >= 15 is 0 Å². The average molecular weight is 568 g/mol. The summed E-state index contributed by atoms with van der Waals surface area (Å²) in [6, 6.07) is 10.8. The van der Waals surface area contributed by atoms with E-state index in [2.05, 4.69) is 26.2 Å². The van der Waals surface area contributed by atoms with Crippen LogP contribution in [0.1, 0.15) is 47.1 Å².